The van der Waals surface area contributed by atoms with E-state index in [2.05, 4.69) is 6.07 Å². The summed E-state index contributed by atoms with van der Waals surface area (Å²) in [4.78, 5) is 41.7. The minimum Gasteiger partial charge on any atom is -0.390 e. The van der Waals surface area contributed by atoms with Gasteiger partial charge >= 0.3 is 0 Å². The molecule has 1 spiro atoms. The second kappa shape index (κ2) is 7.50. The Labute approximate surface area is 188 Å². The summed E-state index contributed by atoms with van der Waals surface area (Å²) in [6.07, 6.45) is 3.87. The number of nitriles is 1. The molecular weight excluding hydrogens is 430 g/mol. The van der Waals surface area contributed by atoms with Crippen LogP contribution in [0.2, 0.25) is 0 Å². The van der Waals surface area contributed by atoms with E-state index in [1.165, 1.54) is 11.3 Å². The van der Waals surface area contributed by atoms with Crippen LogP contribution >= 0.6 is 23.1 Å². The summed E-state index contributed by atoms with van der Waals surface area (Å²) < 4.78 is -0.218. The molecule has 2 N–H and O–H groups in total. The third kappa shape index (κ3) is 3.36. The van der Waals surface area contributed by atoms with E-state index in [1.54, 1.807) is 23.9 Å². The fraction of sp³-hybridized carbons (Fsp3) is 0.391. The summed E-state index contributed by atoms with van der Waals surface area (Å²) in [6, 6.07) is 7.39. The van der Waals surface area contributed by atoms with Gasteiger partial charge in [-0.3, -0.25) is 14.4 Å². The van der Waals surface area contributed by atoms with Crippen LogP contribution in [0.15, 0.2) is 23.1 Å². The molecule has 8 heteroatoms. The number of benzene rings is 1. The summed E-state index contributed by atoms with van der Waals surface area (Å²) in [6.45, 7) is 1.12. The highest BCUT2D eigenvalue weighted by atomic mass is 32.2. The van der Waals surface area contributed by atoms with Crippen LogP contribution in [-0.2, 0) is 6.42 Å². The van der Waals surface area contributed by atoms with E-state index in [-0.39, 0.29) is 22.2 Å². The maximum absolute atomic E-state index is 13.3. The number of nitrogens with two attached hydrogens (primary N) is 1. The standard InChI is InChI=1S/C23H21N3O3S2/c24-12-13-4-5-18-15(10-13)17(28)11-23(31-18)6-8-26(9-7-23)22(29)19-14-2-1-3-16(27)20(14)30-21(19)25/h4-5,10H,1-3,6-9,11,25H2. The van der Waals surface area contributed by atoms with Gasteiger partial charge in [0.1, 0.15) is 0 Å². The van der Waals surface area contributed by atoms with Gasteiger partial charge in [0.2, 0.25) is 0 Å². The van der Waals surface area contributed by atoms with Crippen molar-refractivity contribution < 1.29 is 14.4 Å². The molecule has 2 aliphatic heterocycles. The van der Waals surface area contributed by atoms with E-state index in [4.69, 9.17) is 11.0 Å². The van der Waals surface area contributed by atoms with Crippen molar-refractivity contribution in [1.82, 2.24) is 4.90 Å². The molecule has 0 bridgehead atoms. The number of Topliss-reactive ketones (excluding diaryl/α,β-unsaturated/α-hetero) is 2. The lowest BCUT2D eigenvalue weighted by Crippen LogP contribution is -2.47. The molecule has 3 aliphatic rings. The van der Waals surface area contributed by atoms with Gasteiger partial charge in [0.15, 0.2) is 11.6 Å². The van der Waals surface area contributed by atoms with E-state index in [0.717, 1.165) is 36.1 Å². The monoisotopic (exact) mass is 451 g/mol. The molecule has 2 aromatic rings. The number of anilines is 1. The first-order valence-corrected chi connectivity index (χ1v) is 12.0. The van der Waals surface area contributed by atoms with Gasteiger partial charge in [-0.15, -0.1) is 23.1 Å². The van der Waals surface area contributed by atoms with Crippen molar-refractivity contribution >= 4 is 45.6 Å². The van der Waals surface area contributed by atoms with E-state index < -0.39 is 0 Å². The Kier molecular flexibility index (Phi) is 4.91. The summed E-state index contributed by atoms with van der Waals surface area (Å²) >= 11 is 2.95. The molecule has 0 unspecified atom stereocenters. The highest BCUT2D eigenvalue weighted by Gasteiger charge is 2.43. The molecule has 31 heavy (non-hydrogen) atoms. The predicted molar refractivity (Wildman–Crippen MR) is 120 cm³/mol. The Morgan fingerprint density at radius 3 is 2.68 bits per heavy atom. The first-order chi connectivity index (χ1) is 14.9. The maximum Gasteiger partial charge on any atom is 0.257 e. The number of thiophene rings is 1. The minimum atomic E-state index is -0.218. The summed E-state index contributed by atoms with van der Waals surface area (Å²) in [5.74, 6) is 0.0657. The highest BCUT2D eigenvalue weighted by Crippen LogP contribution is 2.49. The van der Waals surface area contributed by atoms with Crippen LogP contribution in [-0.4, -0.2) is 40.2 Å². The van der Waals surface area contributed by atoms with Crippen molar-refractivity contribution in [2.75, 3.05) is 18.8 Å². The molecule has 1 fully saturated rings. The first-order valence-electron chi connectivity index (χ1n) is 10.4. The number of thioether (sulfide) groups is 1. The number of carbonyl (C=O) groups is 3. The molecule has 0 saturated carbocycles. The third-order valence-electron chi connectivity index (χ3n) is 6.51. The summed E-state index contributed by atoms with van der Waals surface area (Å²) in [5.41, 5.74) is 8.65. The van der Waals surface area contributed by atoms with Gasteiger partial charge in [-0.2, -0.15) is 5.26 Å². The number of carbonyl (C=O) groups excluding carboxylic acids is 3. The topological polar surface area (TPSA) is 104 Å². The zero-order chi connectivity index (χ0) is 21.8. The van der Waals surface area contributed by atoms with Crippen LogP contribution in [0.25, 0.3) is 0 Å². The van der Waals surface area contributed by atoms with Gasteiger partial charge in [0.25, 0.3) is 5.91 Å². The van der Waals surface area contributed by atoms with Gasteiger partial charge in [0, 0.05) is 41.1 Å². The lowest BCUT2D eigenvalue weighted by atomic mass is 9.87. The Balaban J connectivity index is 1.34. The van der Waals surface area contributed by atoms with Crippen LogP contribution in [0, 0.1) is 11.3 Å². The van der Waals surface area contributed by atoms with Crippen LogP contribution in [0.1, 0.15) is 73.6 Å². The van der Waals surface area contributed by atoms with Gasteiger partial charge in [0.05, 0.1) is 27.1 Å². The molecule has 1 aliphatic carbocycles. The largest absolute Gasteiger partial charge is 0.390 e. The van der Waals surface area contributed by atoms with Crippen LogP contribution in [0.3, 0.4) is 0 Å². The van der Waals surface area contributed by atoms with E-state index in [9.17, 15) is 14.4 Å². The maximum atomic E-state index is 13.3. The smallest absolute Gasteiger partial charge is 0.257 e. The Bertz CT molecular complexity index is 1170. The third-order valence-corrected chi connectivity index (χ3v) is 9.18. The molecule has 3 heterocycles. The van der Waals surface area contributed by atoms with Crippen LogP contribution in [0.4, 0.5) is 5.00 Å². The lowest BCUT2D eigenvalue weighted by Gasteiger charge is -2.43. The number of ketones is 2. The molecular formula is C23H21N3O3S2. The van der Waals surface area contributed by atoms with Crippen molar-refractivity contribution in [3.8, 4) is 6.07 Å². The number of fused-ring (bicyclic) bond motifs is 2. The SMILES string of the molecule is N#Cc1ccc2c(c1)C(=O)CC1(CCN(C(=O)c3c(N)sc4c3CCCC4=O)CC1)S2. The Morgan fingerprint density at radius 2 is 1.94 bits per heavy atom. The highest BCUT2D eigenvalue weighted by molar-refractivity contribution is 8.01. The second-order valence-corrected chi connectivity index (χ2v) is 11.0. The van der Waals surface area contributed by atoms with E-state index in [0.29, 0.717) is 52.5 Å². The minimum absolute atomic E-state index is 0.0697. The summed E-state index contributed by atoms with van der Waals surface area (Å²) in [7, 11) is 0. The molecule has 0 radical (unpaired) electrons. The Hall–Kier alpha value is -2.63. The second-order valence-electron chi connectivity index (χ2n) is 8.43. The van der Waals surface area contributed by atoms with E-state index in [1.807, 2.05) is 11.0 Å². The van der Waals surface area contributed by atoms with Crippen molar-refractivity contribution in [1.29, 1.82) is 5.26 Å². The molecule has 158 valence electrons. The molecule has 5 rings (SSSR count). The molecule has 6 nitrogen and oxygen atoms in total. The fourth-order valence-electron chi connectivity index (χ4n) is 4.84. The molecule has 1 aromatic heterocycles. The average Bonchev–Trinajstić information content (AvgIpc) is 3.11. The zero-order valence-electron chi connectivity index (χ0n) is 16.9. The number of hydrogen-bond donors (Lipinski definition) is 1. The summed E-state index contributed by atoms with van der Waals surface area (Å²) in [5, 5.41) is 9.54. The number of piperidine rings is 1. The number of rotatable bonds is 1. The lowest BCUT2D eigenvalue weighted by molar-refractivity contribution is 0.0697. The van der Waals surface area contributed by atoms with Crippen molar-refractivity contribution in [3.63, 3.8) is 0 Å². The number of nitrogens with zero attached hydrogens (tertiary/aromatic N) is 2. The van der Waals surface area contributed by atoms with Crippen molar-refractivity contribution in [2.45, 2.75) is 48.2 Å². The fourth-order valence-corrected chi connectivity index (χ4v) is 7.39. The molecule has 1 saturated heterocycles. The van der Waals surface area contributed by atoms with Gasteiger partial charge in [-0.1, -0.05) is 0 Å². The van der Waals surface area contributed by atoms with E-state index >= 15 is 0 Å². The predicted octanol–water partition coefficient (Wildman–Crippen LogP) is 4.07. The number of nitrogen functional groups attached to an aromatic ring is 1. The molecule has 1 amide bonds. The normalized spacial score (nSPS) is 19.6. The molecule has 1 aromatic carbocycles. The molecule has 0 atom stereocenters. The average molecular weight is 452 g/mol. The number of amides is 1. The van der Waals surface area contributed by atoms with Crippen molar-refractivity contribution in [2.24, 2.45) is 0 Å². The van der Waals surface area contributed by atoms with Crippen molar-refractivity contribution in [3.05, 3.63) is 45.3 Å². The number of likely N-dealkylation sites (tertiary alicyclic amines) is 1. The first kappa shape index (κ1) is 20.3. The Morgan fingerprint density at radius 1 is 1.16 bits per heavy atom. The van der Waals surface area contributed by atoms with Gasteiger partial charge in [-0.05, 0) is 49.4 Å². The van der Waals surface area contributed by atoms with Crippen LogP contribution in [0.5, 0.6) is 0 Å². The number of hydrogen-bond acceptors (Lipinski definition) is 7. The van der Waals surface area contributed by atoms with Gasteiger partial charge < -0.3 is 10.6 Å². The zero-order valence-corrected chi connectivity index (χ0v) is 18.5. The van der Waals surface area contributed by atoms with Crippen LogP contribution < -0.4 is 5.73 Å². The quantitative estimate of drug-likeness (QED) is 0.701. The van der Waals surface area contributed by atoms with Gasteiger partial charge in [-0.25, -0.2) is 0 Å².